The molecule has 42 heteroatoms. The lowest BCUT2D eigenvalue weighted by atomic mass is 9.94. The van der Waals surface area contributed by atoms with Gasteiger partial charge in [-0.15, -0.1) is 0 Å². The van der Waals surface area contributed by atoms with Crippen LogP contribution in [-0.4, -0.2) is 179 Å². The number of hydrogen-bond donors (Lipinski definition) is 11. The molecular formula is C35H50N13O24P4S+. The Morgan fingerprint density at radius 2 is 1.52 bits per heavy atom. The van der Waals surface area contributed by atoms with Gasteiger partial charge in [-0.1, -0.05) is 4.98 Å². The van der Waals surface area contributed by atoms with Crippen LogP contribution >= 0.6 is 30.2 Å². The van der Waals surface area contributed by atoms with Crippen molar-refractivity contribution in [3.05, 3.63) is 62.4 Å². The molecule has 0 bridgehead atoms. The summed E-state index contributed by atoms with van der Waals surface area (Å²) in [6, 6.07) is 0.929. The SMILES string of the molecule is CO[C@@H]1[C@H](OP(=O)(O)OC[C@H]2O[C@@H](n3ccc(=O)[nH]c3=O)[C@H](O)[C@@H]2O)[C@@H](COP(=O)(O)OP(=O)(O)OP(O)(=S)OC[C@H]2O[C@@H]([n+]3cn(C)c4c(=O)[nH]c(N)nc43)[C@H](O)[C@@H]2CC(=O)N(C)C)O[C@H]1n1cnc2c(N)ncnc21. The van der Waals surface area contributed by atoms with E-state index in [-0.39, 0.29) is 34.1 Å². The smallest absolute Gasteiger partial charge is 0.387 e. The Hall–Kier alpha value is -4.69. The van der Waals surface area contributed by atoms with Crippen molar-refractivity contribution in [2.75, 3.05) is 52.5 Å². The van der Waals surface area contributed by atoms with Crippen molar-refractivity contribution in [2.45, 2.75) is 73.9 Å². The number of aromatic nitrogens is 10. The minimum Gasteiger partial charge on any atom is -0.387 e. The number of aryl methyl sites for hydroxylation is 1. The van der Waals surface area contributed by atoms with Gasteiger partial charge in [-0.25, -0.2) is 42.3 Å². The molecular weight excluding hydrogens is 1140 g/mol. The minimum atomic E-state index is -6.03. The fraction of sp³-hybridized carbons (Fsp3) is 0.571. The quantitative estimate of drug-likeness (QED) is 0.0246. The molecule has 0 spiro atoms. The summed E-state index contributed by atoms with van der Waals surface area (Å²) >= 11 is 4.91. The Morgan fingerprint density at radius 1 is 0.844 bits per heavy atom. The fourth-order valence-corrected chi connectivity index (χ4v) is 13.9. The third-order valence-electron chi connectivity index (χ3n) is 12.1. The summed E-state index contributed by atoms with van der Waals surface area (Å²) in [5.74, 6) is -2.01. The first-order valence-electron chi connectivity index (χ1n) is 22.1. The summed E-state index contributed by atoms with van der Waals surface area (Å²) in [6.07, 6.45) is -13.7. The maximum absolute atomic E-state index is 13.6. The number of amides is 1. The van der Waals surface area contributed by atoms with Gasteiger partial charge in [0.1, 0.15) is 54.6 Å². The van der Waals surface area contributed by atoms with Gasteiger partial charge in [0.15, 0.2) is 30.2 Å². The van der Waals surface area contributed by atoms with E-state index in [1.807, 2.05) is 4.98 Å². The van der Waals surface area contributed by atoms with Crippen LogP contribution in [-0.2, 0) is 83.0 Å². The second-order valence-electron chi connectivity index (χ2n) is 17.4. The number of rotatable bonds is 21. The van der Waals surface area contributed by atoms with E-state index in [9.17, 15) is 67.8 Å². The molecule has 0 saturated carbocycles. The van der Waals surface area contributed by atoms with Crippen LogP contribution in [0, 0.1) is 5.92 Å². The summed E-state index contributed by atoms with van der Waals surface area (Å²) in [5.41, 5.74) is 9.33. The van der Waals surface area contributed by atoms with E-state index in [4.69, 9.17) is 60.3 Å². The van der Waals surface area contributed by atoms with Crippen molar-refractivity contribution in [3.8, 4) is 0 Å². The van der Waals surface area contributed by atoms with Crippen LogP contribution < -0.4 is 32.8 Å². The molecule has 0 aromatic carbocycles. The van der Waals surface area contributed by atoms with Crippen molar-refractivity contribution < 1.29 is 104 Å². The third-order valence-corrected chi connectivity index (χ3v) is 18.2. The van der Waals surface area contributed by atoms with Gasteiger partial charge in [0.25, 0.3) is 17.1 Å². The average Bonchev–Trinajstić information content (AvgIpc) is 4.13. The molecule has 3 saturated heterocycles. The van der Waals surface area contributed by atoms with Gasteiger partial charge in [0.2, 0.25) is 17.7 Å². The zero-order valence-electron chi connectivity index (χ0n) is 40.1. The molecule has 77 heavy (non-hydrogen) atoms. The lowest BCUT2D eigenvalue weighted by molar-refractivity contribution is -0.745. The molecule has 0 radical (unpaired) electrons. The van der Waals surface area contributed by atoms with Gasteiger partial charge in [0, 0.05) is 45.8 Å². The van der Waals surface area contributed by atoms with E-state index >= 15 is 0 Å². The highest BCUT2D eigenvalue weighted by atomic mass is 32.5. The van der Waals surface area contributed by atoms with Crippen molar-refractivity contribution >= 4 is 82.0 Å². The molecule has 3 aliphatic rings. The van der Waals surface area contributed by atoms with Gasteiger partial charge >= 0.3 is 41.5 Å². The van der Waals surface area contributed by atoms with Crippen molar-refractivity contribution in [3.63, 3.8) is 0 Å². The van der Waals surface area contributed by atoms with Crippen molar-refractivity contribution in [1.82, 2.24) is 48.5 Å². The first-order chi connectivity index (χ1) is 36.0. The van der Waals surface area contributed by atoms with Gasteiger partial charge in [-0.3, -0.25) is 51.6 Å². The lowest BCUT2D eigenvalue weighted by Crippen LogP contribution is -2.45. The molecule has 8 heterocycles. The summed E-state index contributed by atoms with van der Waals surface area (Å²) < 4.78 is 97.8. The number of ether oxygens (including phenoxy) is 4. The molecule has 5 aromatic heterocycles. The fourth-order valence-electron chi connectivity index (χ4n) is 8.51. The summed E-state index contributed by atoms with van der Waals surface area (Å²) in [6.45, 7) is -8.13. The molecule has 3 fully saturated rings. The van der Waals surface area contributed by atoms with E-state index < -0.39 is 153 Å². The summed E-state index contributed by atoms with van der Waals surface area (Å²) in [5, 5.41) is 32.8. The number of nitrogens with zero attached hydrogens (tertiary/aromatic N) is 9. The van der Waals surface area contributed by atoms with Crippen LogP contribution in [0.5, 0.6) is 0 Å². The maximum Gasteiger partial charge on any atom is 0.488 e. The average molecular weight is 1190 g/mol. The number of methoxy groups -OCH3 is 1. The number of anilines is 2. The Bertz CT molecular complexity index is 3420. The number of hydrogen-bond acceptors (Lipinski definition) is 27. The number of nitrogens with one attached hydrogen (secondary N) is 2. The molecule has 1 amide bonds. The van der Waals surface area contributed by atoms with Crippen molar-refractivity contribution in [1.29, 1.82) is 0 Å². The van der Waals surface area contributed by atoms with Crippen LogP contribution in [0.25, 0.3) is 22.3 Å². The number of H-pyrrole nitrogens is 2. The number of phosphoric acid groups is 3. The lowest BCUT2D eigenvalue weighted by Gasteiger charge is -2.26. The monoisotopic (exact) mass is 1190 g/mol. The largest absolute Gasteiger partial charge is 0.488 e. The molecule has 424 valence electrons. The number of carbonyl (C=O) groups excluding carboxylic acids is 1. The van der Waals surface area contributed by atoms with Crippen LogP contribution in [0.4, 0.5) is 11.8 Å². The van der Waals surface area contributed by atoms with Crippen molar-refractivity contribution in [2.24, 2.45) is 13.0 Å². The number of fused-ring (bicyclic) bond motifs is 2. The van der Waals surface area contributed by atoms with Gasteiger partial charge in [-0.05, 0) is 11.8 Å². The predicted molar refractivity (Wildman–Crippen MR) is 255 cm³/mol. The Labute approximate surface area is 434 Å². The van der Waals surface area contributed by atoms with Gasteiger partial charge in [0.05, 0.1) is 39.3 Å². The number of carbonyl (C=O) groups is 1. The molecule has 37 nitrogen and oxygen atoms in total. The van der Waals surface area contributed by atoms with Gasteiger partial charge in [-0.2, -0.15) is 4.31 Å². The second-order valence-corrected chi connectivity index (χ2v) is 24.8. The number of nitrogens with two attached hydrogens (primary N) is 2. The molecule has 8 rings (SSSR count). The normalized spacial score (nSPS) is 29.8. The zero-order chi connectivity index (χ0) is 56.3. The predicted octanol–water partition coefficient (Wildman–Crippen LogP) is -4.03. The first-order valence-corrected chi connectivity index (χ1v) is 29.2. The van der Waals surface area contributed by atoms with Crippen LogP contribution in [0.2, 0.25) is 0 Å². The molecule has 16 atom stereocenters. The standard InChI is InChI=1S/C35H49N13O24P4S/c1-44(2)19(50)7-14-15(67-31(22(14)51)48-13-45(3)21-29(48)42-34(37)43-30(21)54)8-66-76(62,77)72-75(60,61)71-74(58,59)65-10-17-25(26(63-4)33(69-17)47-12-40-20-27(36)38-11-39-28(20)47)70-73(56,57)64-9-16-23(52)24(53)32(68-16)46-6-5-18(49)41-35(46)55/h5-6,11-17,22-26,31-33,51-53H,7-10H2,1-4H3,(H9-,36,37,38,39,41,42,43,49,54,55,56,57,58,59,60,61,62,77)/p+1/t14-,15-,16-,17-,22-,23-,24-,25-,26-,31-,32-,33-,76?/m1/s1. The number of aliphatic hydroxyl groups excluding tert-OH is 3. The highest BCUT2D eigenvalue weighted by Crippen LogP contribution is 2.68. The van der Waals surface area contributed by atoms with Gasteiger partial charge < -0.3 is 74.7 Å². The van der Waals surface area contributed by atoms with Crippen LogP contribution in [0.1, 0.15) is 25.1 Å². The second kappa shape index (κ2) is 22.4. The van der Waals surface area contributed by atoms with E-state index in [0.717, 1.165) is 36.6 Å². The van der Waals surface area contributed by atoms with E-state index in [2.05, 4.69) is 33.5 Å². The minimum absolute atomic E-state index is 0.0179. The first kappa shape index (κ1) is 58.5. The molecule has 13 N–H and O–H groups in total. The topological polar surface area (TPSA) is 510 Å². The Kier molecular flexibility index (Phi) is 17.0. The number of phosphoric ester groups is 2. The Morgan fingerprint density at radius 3 is 2.21 bits per heavy atom. The maximum atomic E-state index is 13.6. The third kappa shape index (κ3) is 12.7. The molecule has 5 aromatic rings. The van der Waals surface area contributed by atoms with E-state index in [1.54, 1.807) is 0 Å². The summed E-state index contributed by atoms with van der Waals surface area (Å²) in [7, 11) is -11.9. The molecule has 0 aliphatic carbocycles. The molecule has 4 unspecified atom stereocenters. The number of aliphatic hydroxyl groups is 3. The number of imidazole rings is 2. The van der Waals surface area contributed by atoms with E-state index in [1.165, 1.54) is 46.1 Å². The Balaban J connectivity index is 0.951. The van der Waals surface area contributed by atoms with Crippen LogP contribution in [0.3, 0.4) is 0 Å². The van der Waals surface area contributed by atoms with E-state index in [0.29, 0.717) is 0 Å². The number of aromatic amines is 2. The molecule has 3 aliphatic heterocycles. The zero-order valence-corrected chi connectivity index (χ0v) is 44.5. The van der Waals surface area contributed by atoms with Crippen LogP contribution in [0.15, 0.2) is 45.6 Å². The summed E-state index contributed by atoms with van der Waals surface area (Å²) in [4.78, 5) is 115. The number of nitrogen functional groups attached to an aromatic ring is 2. The highest BCUT2D eigenvalue weighted by molar-refractivity contribution is 8.08. The highest BCUT2D eigenvalue weighted by Gasteiger charge is 2.54.